The van der Waals surface area contributed by atoms with Gasteiger partial charge in [-0.2, -0.15) is 24.9 Å². The summed E-state index contributed by atoms with van der Waals surface area (Å²) >= 11 is 1.88. The number of aryl methyl sites for hydroxylation is 1. The number of non-ortho nitro benzene ring substituents is 1. The van der Waals surface area contributed by atoms with Crippen LogP contribution >= 0.6 is 11.8 Å². The lowest BCUT2D eigenvalue weighted by atomic mass is 9.99. The third-order valence-corrected chi connectivity index (χ3v) is 6.52. The van der Waals surface area contributed by atoms with Crippen LogP contribution in [0.5, 0.6) is 0 Å². The first-order valence-electron chi connectivity index (χ1n) is 10.4. The van der Waals surface area contributed by atoms with Gasteiger partial charge >= 0.3 is 6.18 Å². The zero-order valence-corrected chi connectivity index (χ0v) is 18.9. The zero-order valence-electron chi connectivity index (χ0n) is 18.1. The van der Waals surface area contributed by atoms with E-state index < -0.39 is 28.4 Å². The van der Waals surface area contributed by atoms with Crippen LogP contribution in [0.25, 0.3) is 16.5 Å². The SMILES string of the molecule is Cc1cc(N[C@H](C)c2cc([N+](=O)[O-])cc(C(F)(F)F)c2)c2cc(C3=CCSCC3)ccc2n1. The molecular weight excluding hydrogens is 451 g/mol. The molecule has 2 heterocycles. The number of allylic oxidation sites excluding steroid dienone is 1. The maximum atomic E-state index is 13.3. The molecule has 0 bridgehead atoms. The Labute approximate surface area is 193 Å². The van der Waals surface area contributed by atoms with Crippen LogP contribution in [0.1, 0.15) is 41.8 Å². The van der Waals surface area contributed by atoms with E-state index >= 15 is 0 Å². The molecule has 0 radical (unpaired) electrons. The molecule has 5 nitrogen and oxygen atoms in total. The third-order valence-electron chi connectivity index (χ3n) is 5.62. The maximum absolute atomic E-state index is 13.3. The van der Waals surface area contributed by atoms with E-state index in [4.69, 9.17) is 0 Å². The van der Waals surface area contributed by atoms with E-state index in [1.165, 1.54) is 11.6 Å². The number of aromatic nitrogens is 1. The molecule has 2 aromatic carbocycles. The molecule has 1 aliphatic heterocycles. The van der Waals surface area contributed by atoms with Gasteiger partial charge in [-0.1, -0.05) is 12.1 Å². The summed E-state index contributed by atoms with van der Waals surface area (Å²) in [4.78, 5) is 15.0. The van der Waals surface area contributed by atoms with E-state index in [0.29, 0.717) is 6.07 Å². The number of rotatable bonds is 5. The highest BCUT2D eigenvalue weighted by Crippen LogP contribution is 2.36. The Morgan fingerprint density at radius 3 is 2.64 bits per heavy atom. The van der Waals surface area contributed by atoms with Crippen molar-refractivity contribution in [3.8, 4) is 0 Å². The number of alkyl halides is 3. The minimum atomic E-state index is -4.68. The molecule has 4 rings (SSSR count). The average molecular weight is 474 g/mol. The van der Waals surface area contributed by atoms with Gasteiger partial charge < -0.3 is 5.32 Å². The number of nitro benzene ring substituents is 1. The number of nitro groups is 1. The van der Waals surface area contributed by atoms with Crippen LogP contribution in [0.3, 0.4) is 0 Å². The molecule has 1 N–H and O–H groups in total. The summed E-state index contributed by atoms with van der Waals surface area (Å²) < 4.78 is 40.0. The lowest BCUT2D eigenvalue weighted by Gasteiger charge is -2.20. The number of nitrogens with one attached hydrogen (secondary N) is 1. The van der Waals surface area contributed by atoms with Crippen molar-refractivity contribution in [2.45, 2.75) is 32.5 Å². The molecule has 0 unspecified atom stereocenters. The van der Waals surface area contributed by atoms with Crippen molar-refractivity contribution in [2.75, 3.05) is 16.8 Å². The highest BCUT2D eigenvalue weighted by atomic mass is 32.2. The number of anilines is 1. The Morgan fingerprint density at radius 2 is 1.97 bits per heavy atom. The van der Waals surface area contributed by atoms with Gasteiger partial charge in [-0.05, 0) is 67.0 Å². The topological polar surface area (TPSA) is 68.1 Å². The number of halogens is 3. The first-order valence-corrected chi connectivity index (χ1v) is 11.6. The van der Waals surface area contributed by atoms with Crippen molar-refractivity contribution in [3.05, 3.63) is 81.0 Å². The maximum Gasteiger partial charge on any atom is 0.416 e. The van der Waals surface area contributed by atoms with E-state index in [2.05, 4.69) is 16.4 Å². The summed E-state index contributed by atoms with van der Waals surface area (Å²) in [6, 6.07) is 9.97. The van der Waals surface area contributed by atoms with Gasteiger partial charge in [-0.15, -0.1) is 0 Å². The Hall–Kier alpha value is -3.07. The van der Waals surface area contributed by atoms with Gasteiger partial charge in [0.2, 0.25) is 0 Å². The normalized spacial score (nSPS) is 15.2. The predicted molar refractivity (Wildman–Crippen MR) is 127 cm³/mol. The van der Waals surface area contributed by atoms with Crippen molar-refractivity contribution in [3.63, 3.8) is 0 Å². The molecule has 0 amide bonds. The number of pyridine rings is 1. The third kappa shape index (κ3) is 5.13. The van der Waals surface area contributed by atoms with Crippen LogP contribution in [0, 0.1) is 17.0 Å². The van der Waals surface area contributed by atoms with Gasteiger partial charge in [0.1, 0.15) is 0 Å². The first-order chi connectivity index (χ1) is 15.6. The van der Waals surface area contributed by atoms with Crippen molar-refractivity contribution in [2.24, 2.45) is 0 Å². The van der Waals surface area contributed by atoms with Crippen molar-refractivity contribution >= 4 is 39.6 Å². The Balaban J connectivity index is 1.74. The molecule has 0 spiro atoms. The smallest absolute Gasteiger partial charge is 0.378 e. The van der Waals surface area contributed by atoms with Crippen LogP contribution in [0.2, 0.25) is 0 Å². The second-order valence-corrected chi connectivity index (χ2v) is 9.18. The molecule has 0 saturated carbocycles. The summed E-state index contributed by atoms with van der Waals surface area (Å²) in [6.07, 6.45) is -1.49. The van der Waals surface area contributed by atoms with Gasteiger partial charge in [0.05, 0.1) is 16.0 Å². The fourth-order valence-corrected chi connectivity index (χ4v) is 4.79. The number of fused-ring (bicyclic) bond motifs is 1. The summed E-state index contributed by atoms with van der Waals surface area (Å²) in [5.41, 5.74) is 3.17. The van der Waals surface area contributed by atoms with E-state index in [1.54, 1.807) is 6.92 Å². The second-order valence-electron chi connectivity index (χ2n) is 8.03. The number of hydrogen-bond donors (Lipinski definition) is 1. The molecule has 1 aromatic heterocycles. The fraction of sp³-hybridized carbons (Fsp3) is 0.292. The van der Waals surface area contributed by atoms with E-state index in [-0.39, 0.29) is 5.56 Å². The highest BCUT2D eigenvalue weighted by Gasteiger charge is 2.33. The second kappa shape index (κ2) is 9.05. The highest BCUT2D eigenvalue weighted by molar-refractivity contribution is 7.99. The molecule has 0 aliphatic carbocycles. The van der Waals surface area contributed by atoms with Gasteiger partial charge in [0.25, 0.3) is 5.69 Å². The summed E-state index contributed by atoms with van der Waals surface area (Å²) in [5.74, 6) is 2.03. The van der Waals surface area contributed by atoms with Gasteiger partial charge in [-0.25, -0.2) is 0 Å². The number of nitrogens with zero attached hydrogens (tertiary/aromatic N) is 2. The van der Waals surface area contributed by atoms with Gasteiger partial charge in [0.15, 0.2) is 0 Å². The van der Waals surface area contributed by atoms with E-state index in [0.717, 1.165) is 51.8 Å². The number of thioether (sulfide) groups is 1. The number of benzene rings is 2. The fourth-order valence-electron chi connectivity index (χ4n) is 3.94. The molecule has 1 aliphatic rings. The quantitative estimate of drug-likeness (QED) is 0.314. The van der Waals surface area contributed by atoms with Crippen molar-refractivity contribution in [1.82, 2.24) is 4.98 Å². The molecule has 9 heteroatoms. The Morgan fingerprint density at radius 1 is 1.18 bits per heavy atom. The standard InChI is InChI=1S/C24H22F3N3O2S/c1-14-9-23(21-12-17(3-4-22(21)28-14)16-5-7-33-8-6-16)29-15(2)18-10-19(24(25,26)27)13-20(11-18)30(31)32/h3-5,9-13,15H,6-8H2,1-2H3,(H,28,29)/t15-/m1/s1. The molecular formula is C24H22F3N3O2S. The summed E-state index contributed by atoms with van der Waals surface area (Å²) in [6.45, 7) is 3.53. The molecule has 172 valence electrons. The zero-order chi connectivity index (χ0) is 23.8. The Kier molecular flexibility index (Phi) is 6.34. The molecule has 0 fully saturated rings. The molecule has 0 saturated heterocycles. The largest absolute Gasteiger partial charge is 0.416 e. The van der Waals surface area contributed by atoms with Crippen molar-refractivity contribution < 1.29 is 18.1 Å². The van der Waals surface area contributed by atoms with E-state index in [9.17, 15) is 23.3 Å². The minimum absolute atomic E-state index is 0.183. The molecule has 33 heavy (non-hydrogen) atoms. The van der Waals surface area contributed by atoms with E-state index in [1.807, 2.05) is 43.0 Å². The van der Waals surface area contributed by atoms with Crippen LogP contribution in [0.4, 0.5) is 24.5 Å². The summed E-state index contributed by atoms with van der Waals surface area (Å²) in [7, 11) is 0. The minimum Gasteiger partial charge on any atom is -0.378 e. The lowest BCUT2D eigenvalue weighted by molar-refractivity contribution is -0.385. The van der Waals surface area contributed by atoms with Crippen LogP contribution in [-0.4, -0.2) is 21.4 Å². The average Bonchev–Trinajstić information content (AvgIpc) is 2.78. The van der Waals surface area contributed by atoms with Crippen LogP contribution in [0.15, 0.2) is 48.5 Å². The van der Waals surface area contributed by atoms with Gasteiger partial charge in [0, 0.05) is 40.7 Å². The number of hydrogen-bond acceptors (Lipinski definition) is 5. The van der Waals surface area contributed by atoms with Crippen LogP contribution < -0.4 is 5.32 Å². The van der Waals surface area contributed by atoms with Gasteiger partial charge in [-0.3, -0.25) is 15.1 Å². The molecule has 1 atom stereocenters. The summed E-state index contributed by atoms with van der Waals surface area (Å²) in [5, 5.41) is 15.3. The lowest BCUT2D eigenvalue weighted by Crippen LogP contribution is -2.12. The predicted octanol–water partition coefficient (Wildman–Crippen LogP) is 7.16. The van der Waals surface area contributed by atoms with Crippen LogP contribution in [-0.2, 0) is 6.18 Å². The molecule has 3 aromatic rings. The first kappa shape index (κ1) is 23.1. The monoisotopic (exact) mass is 473 g/mol. The Bertz CT molecular complexity index is 1260. The van der Waals surface area contributed by atoms with Crippen molar-refractivity contribution in [1.29, 1.82) is 0 Å².